The molecule has 2 aromatic rings. The molecule has 0 radical (unpaired) electrons. The summed E-state index contributed by atoms with van der Waals surface area (Å²) in [7, 11) is 0. The minimum atomic E-state index is 0.116. The van der Waals surface area contributed by atoms with Crippen LogP contribution < -0.4 is 5.32 Å². The highest BCUT2D eigenvalue weighted by atomic mass is 16.2. The normalized spacial score (nSPS) is 18.6. The van der Waals surface area contributed by atoms with Gasteiger partial charge in [-0.3, -0.25) is 4.98 Å². The van der Waals surface area contributed by atoms with Gasteiger partial charge in [-0.25, -0.2) is 9.78 Å². The molecule has 0 unspecified atom stereocenters. The quantitative estimate of drug-likeness (QED) is 0.918. The first-order valence-corrected chi connectivity index (χ1v) is 9.68. The molecule has 26 heavy (non-hydrogen) atoms. The van der Waals surface area contributed by atoms with E-state index in [2.05, 4.69) is 26.8 Å². The van der Waals surface area contributed by atoms with Gasteiger partial charge in [0.25, 0.3) is 0 Å². The van der Waals surface area contributed by atoms with Gasteiger partial charge in [0.15, 0.2) is 0 Å². The van der Waals surface area contributed by atoms with Gasteiger partial charge in [0.1, 0.15) is 5.82 Å². The van der Waals surface area contributed by atoms with Crippen LogP contribution in [0.25, 0.3) is 11.4 Å². The number of hydrogen-bond acceptors (Lipinski definition) is 3. The van der Waals surface area contributed by atoms with Crippen molar-refractivity contribution in [2.75, 3.05) is 13.1 Å². The second-order valence-corrected chi connectivity index (χ2v) is 7.63. The van der Waals surface area contributed by atoms with E-state index in [-0.39, 0.29) is 6.03 Å². The monoisotopic (exact) mass is 353 g/mol. The summed E-state index contributed by atoms with van der Waals surface area (Å²) < 4.78 is 2.26. The fraction of sp³-hybridized carbons (Fsp3) is 0.550. The maximum Gasteiger partial charge on any atom is 0.317 e. The van der Waals surface area contributed by atoms with Crippen LogP contribution in [-0.4, -0.2) is 44.6 Å². The molecule has 2 amide bonds. The number of nitrogens with zero attached hydrogens (tertiary/aromatic N) is 4. The van der Waals surface area contributed by atoms with Crippen molar-refractivity contribution >= 4 is 6.03 Å². The van der Waals surface area contributed by atoms with Crippen molar-refractivity contribution in [3.05, 3.63) is 36.4 Å². The Hall–Kier alpha value is -2.37. The summed E-state index contributed by atoms with van der Waals surface area (Å²) in [5.74, 6) is 1.47. The molecular weight excluding hydrogens is 326 g/mol. The second kappa shape index (κ2) is 7.48. The predicted molar refractivity (Wildman–Crippen MR) is 101 cm³/mol. The minimum Gasteiger partial charge on any atom is -0.335 e. The van der Waals surface area contributed by atoms with Crippen molar-refractivity contribution in [3.63, 3.8) is 0 Å². The number of aryl methyl sites for hydroxylation is 1. The van der Waals surface area contributed by atoms with Gasteiger partial charge in [-0.1, -0.05) is 19.3 Å². The van der Waals surface area contributed by atoms with Crippen molar-refractivity contribution in [1.29, 1.82) is 0 Å². The highest BCUT2D eigenvalue weighted by molar-refractivity contribution is 5.75. The lowest BCUT2D eigenvalue weighted by Gasteiger charge is -2.40. The third-order valence-electron chi connectivity index (χ3n) is 5.61. The number of pyridine rings is 1. The van der Waals surface area contributed by atoms with Crippen LogP contribution in [0.1, 0.15) is 37.8 Å². The van der Waals surface area contributed by atoms with E-state index in [4.69, 9.17) is 0 Å². The standard InChI is InChI=1S/C20H27N5O/c1-15-11-22-19(17-7-9-21-10-8-17)25(15)14-16-12-24(13-16)20(26)23-18-5-3-2-4-6-18/h7-11,16,18H,2-6,12-14H2,1H3,(H,23,26). The summed E-state index contributed by atoms with van der Waals surface area (Å²) in [5.41, 5.74) is 2.24. The summed E-state index contributed by atoms with van der Waals surface area (Å²) in [6.45, 7) is 4.64. The molecule has 0 spiro atoms. The van der Waals surface area contributed by atoms with Gasteiger partial charge < -0.3 is 14.8 Å². The van der Waals surface area contributed by atoms with Crippen molar-refractivity contribution in [2.45, 2.75) is 51.6 Å². The number of rotatable bonds is 4. The topological polar surface area (TPSA) is 63.1 Å². The number of carbonyl (C=O) groups excluding carboxylic acids is 1. The molecule has 0 aromatic carbocycles. The lowest BCUT2D eigenvalue weighted by atomic mass is 9.95. The molecule has 2 aliphatic rings. The Balaban J connectivity index is 1.33. The highest BCUT2D eigenvalue weighted by Gasteiger charge is 2.32. The SMILES string of the molecule is Cc1cnc(-c2ccncc2)n1CC1CN(C(=O)NC2CCCCC2)C1. The van der Waals surface area contributed by atoms with Crippen LogP contribution in [0.4, 0.5) is 4.79 Å². The Morgan fingerprint density at radius 3 is 2.65 bits per heavy atom. The van der Waals surface area contributed by atoms with E-state index < -0.39 is 0 Å². The smallest absolute Gasteiger partial charge is 0.317 e. The number of likely N-dealkylation sites (tertiary alicyclic amines) is 1. The van der Waals surface area contributed by atoms with E-state index in [0.717, 1.165) is 49.6 Å². The average molecular weight is 353 g/mol. The van der Waals surface area contributed by atoms with Gasteiger partial charge in [-0.15, -0.1) is 0 Å². The van der Waals surface area contributed by atoms with Crippen LogP contribution in [0.15, 0.2) is 30.7 Å². The zero-order valence-corrected chi connectivity index (χ0v) is 15.4. The Morgan fingerprint density at radius 2 is 1.92 bits per heavy atom. The van der Waals surface area contributed by atoms with Crippen LogP contribution in [-0.2, 0) is 6.54 Å². The molecule has 1 aliphatic heterocycles. The Bertz CT molecular complexity index is 745. The van der Waals surface area contributed by atoms with Crippen molar-refractivity contribution in [3.8, 4) is 11.4 Å². The molecule has 6 nitrogen and oxygen atoms in total. The zero-order chi connectivity index (χ0) is 17.9. The molecular formula is C20H27N5O. The average Bonchev–Trinajstić information content (AvgIpc) is 2.99. The largest absolute Gasteiger partial charge is 0.335 e. The lowest BCUT2D eigenvalue weighted by molar-refractivity contribution is 0.107. The molecule has 1 saturated carbocycles. The molecule has 2 aromatic heterocycles. The van der Waals surface area contributed by atoms with Crippen LogP contribution in [0.3, 0.4) is 0 Å². The number of nitrogens with one attached hydrogen (secondary N) is 1. The molecule has 138 valence electrons. The van der Waals surface area contributed by atoms with Gasteiger partial charge in [0.05, 0.1) is 0 Å². The van der Waals surface area contributed by atoms with E-state index in [9.17, 15) is 4.79 Å². The van der Waals surface area contributed by atoms with Gasteiger partial charge in [-0.2, -0.15) is 0 Å². The van der Waals surface area contributed by atoms with Crippen molar-refractivity contribution < 1.29 is 4.79 Å². The van der Waals surface area contributed by atoms with Gasteiger partial charge in [0.2, 0.25) is 0 Å². The summed E-state index contributed by atoms with van der Waals surface area (Å²) in [6.07, 6.45) is 11.6. The lowest BCUT2D eigenvalue weighted by Crippen LogP contribution is -2.56. The second-order valence-electron chi connectivity index (χ2n) is 7.63. The Morgan fingerprint density at radius 1 is 1.19 bits per heavy atom. The molecule has 4 rings (SSSR count). The number of imidazole rings is 1. The van der Waals surface area contributed by atoms with E-state index >= 15 is 0 Å². The molecule has 0 atom stereocenters. The van der Waals surface area contributed by atoms with E-state index in [1.807, 2.05) is 23.2 Å². The minimum absolute atomic E-state index is 0.116. The van der Waals surface area contributed by atoms with Gasteiger partial charge in [-0.05, 0) is 31.9 Å². The van der Waals surface area contributed by atoms with E-state index in [1.165, 1.54) is 19.3 Å². The number of carbonyl (C=O) groups is 1. The molecule has 1 saturated heterocycles. The van der Waals surface area contributed by atoms with Crippen molar-refractivity contribution in [1.82, 2.24) is 24.8 Å². The third kappa shape index (κ3) is 3.59. The fourth-order valence-electron chi connectivity index (χ4n) is 4.05. The van der Waals surface area contributed by atoms with Crippen LogP contribution >= 0.6 is 0 Å². The first-order chi connectivity index (χ1) is 12.7. The molecule has 1 aliphatic carbocycles. The maximum absolute atomic E-state index is 12.4. The van der Waals surface area contributed by atoms with Gasteiger partial charge in [0, 0.05) is 61.4 Å². The van der Waals surface area contributed by atoms with Crippen LogP contribution in [0, 0.1) is 12.8 Å². The maximum atomic E-state index is 12.4. The Kier molecular flexibility index (Phi) is 4.91. The molecule has 2 fully saturated rings. The molecule has 1 N–H and O–H groups in total. The number of aromatic nitrogens is 3. The number of hydrogen-bond donors (Lipinski definition) is 1. The number of amides is 2. The third-order valence-corrected chi connectivity index (χ3v) is 5.61. The number of urea groups is 1. The zero-order valence-electron chi connectivity index (χ0n) is 15.4. The predicted octanol–water partition coefficient (Wildman–Crippen LogP) is 3.23. The van der Waals surface area contributed by atoms with Gasteiger partial charge >= 0.3 is 6.03 Å². The van der Waals surface area contributed by atoms with E-state index in [0.29, 0.717) is 12.0 Å². The first kappa shape index (κ1) is 17.1. The first-order valence-electron chi connectivity index (χ1n) is 9.68. The van der Waals surface area contributed by atoms with E-state index in [1.54, 1.807) is 12.4 Å². The summed E-state index contributed by atoms with van der Waals surface area (Å²) in [6, 6.07) is 4.47. The highest BCUT2D eigenvalue weighted by Crippen LogP contribution is 2.25. The summed E-state index contributed by atoms with van der Waals surface area (Å²) >= 11 is 0. The molecule has 0 bridgehead atoms. The van der Waals surface area contributed by atoms with Crippen molar-refractivity contribution in [2.24, 2.45) is 5.92 Å². The summed E-state index contributed by atoms with van der Waals surface area (Å²) in [4.78, 5) is 23.0. The molecule has 6 heteroatoms. The summed E-state index contributed by atoms with van der Waals surface area (Å²) in [5, 5.41) is 3.21. The van der Waals surface area contributed by atoms with Crippen LogP contribution in [0.5, 0.6) is 0 Å². The molecule has 3 heterocycles. The Labute approximate surface area is 154 Å². The fourth-order valence-corrected chi connectivity index (χ4v) is 4.05. The van der Waals surface area contributed by atoms with Crippen LogP contribution in [0.2, 0.25) is 0 Å².